The van der Waals surface area contributed by atoms with E-state index in [1.807, 2.05) is 0 Å². The van der Waals surface area contributed by atoms with Gasteiger partial charge in [0.1, 0.15) is 5.52 Å². The Morgan fingerprint density at radius 3 is 2.65 bits per heavy atom. The number of ether oxygens (including phenoxy) is 2. The topological polar surface area (TPSA) is 58.4 Å². The zero-order chi connectivity index (χ0) is 18.7. The van der Waals surface area contributed by atoms with Crippen LogP contribution in [-0.2, 0) is 5.75 Å². The molecule has 0 aliphatic heterocycles. The molecule has 0 spiro atoms. The number of hydrogen-bond acceptors (Lipinski definition) is 6. The third kappa shape index (κ3) is 3.94. The van der Waals surface area contributed by atoms with Gasteiger partial charge in [0.25, 0.3) is 0 Å². The Hall–Kier alpha value is -2.26. The molecule has 0 radical (unpaired) electrons. The maximum absolute atomic E-state index is 12.8. The van der Waals surface area contributed by atoms with Crippen molar-refractivity contribution >= 4 is 34.4 Å². The molecule has 138 valence electrons. The third-order valence-corrected chi connectivity index (χ3v) is 4.60. The summed E-state index contributed by atoms with van der Waals surface area (Å²) in [4.78, 5) is 13.2. The molecule has 0 aliphatic rings. The number of pyridine rings is 1. The Bertz CT molecular complexity index is 923. The molecule has 0 atom stereocenters. The summed E-state index contributed by atoms with van der Waals surface area (Å²) < 4.78 is 36.9. The highest BCUT2D eigenvalue weighted by Crippen LogP contribution is 2.31. The number of imidazole rings is 1. The van der Waals surface area contributed by atoms with E-state index >= 15 is 0 Å². The van der Waals surface area contributed by atoms with Gasteiger partial charge in [0.15, 0.2) is 11.5 Å². The number of rotatable bonds is 7. The molecule has 26 heavy (non-hydrogen) atoms. The van der Waals surface area contributed by atoms with Gasteiger partial charge in [-0.15, -0.1) is 0 Å². The van der Waals surface area contributed by atoms with Gasteiger partial charge in [0, 0.05) is 16.8 Å². The summed E-state index contributed by atoms with van der Waals surface area (Å²) in [7, 11) is 3.04. The van der Waals surface area contributed by atoms with E-state index < -0.39 is 6.61 Å². The van der Waals surface area contributed by atoms with Crippen LogP contribution < -0.4 is 14.3 Å². The molecule has 0 bridgehead atoms. The fourth-order valence-corrected chi connectivity index (χ4v) is 3.30. The Labute approximate surface area is 157 Å². The highest BCUT2D eigenvalue weighted by molar-refractivity contribution is 7.98. The second-order valence-electron chi connectivity index (χ2n) is 5.01. The smallest absolute Gasteiger partial charge is 0.405 e. The molecule has 3 aromatic rings. The number of nitrogens with zero attached hydrogens (tertiary/aromatic N) is 3. The molecule has 0 aliphatic carbocycles. The lowest BCUT2D eigenvalue weighted by Crippen LogP contribution is -2.17. The second-order valence-corrected chi connectivity index (χ2v) is 6.39. The lowest BCUT2D eigenvalue weighted by atomic mass is 10.3. The van der Waals surface area contributed by atoms with Crippen molar-refractivity contribution in [3.63, 3.8) is 0 Å². The monoisotopic (exact) mass is 401 g/mol. The number of methoxy groups -OCH3 is 2. The van der Waals surface area contributed by atoms with Crippen LogP contribution in [0.4, 0.5) is 8.78 Å². The van der Waals surface area contributed by atoms with Gasteiger partial charge in [-0.3, -0.25) is 4.98 Å². The zero-order valence-electron chi connectivity index (χ0n) is 13.8. The zero-order valence-corrected chi connectivity index (χ0v) is 15.4. The normalized spacial score (nSPS) is 11.2. The van der Waals surface area contributed by atoms with Crippen molar-refractivity contribution in [2.75, 3.05) is 14.2 Å². The first-order chi connectivity index (χ1) is 12.5. The largest absolute Gasteiger partial charge is 0.493 e. The van der Waals surface area contributed by atoms with Gasteiger partial charge in [-0.1, -0.05) is 23.4 Å². The second kappa shape index (κ2) is 7.96. The first kappa shape index (κ1) is 18.5. The van der Waals surface area contributed by atoms with Gasteiger partial charge in [0.05, 0.1) is 31.6 Å². The number of benzene rings is 1. The van der Waals surface area contributed by atoms with E-state index in [4.69, 9.17) is 21.1 Å². The Morgan fingerprint density at radius 2 is 1.96 bits per heavy atom. The molecule has 3 rings (SSSR count). The van der Waals surface area contributed by atoms with E-state index in [1.54, 1.807) is 24.3 Å². The maximum atomic E-state index is 12.8. The Kier molecular flexibility index (Phi) is 5.67. The maximum Gasteiger partial charge on any atom is 0.405 e. The fraction of sp³-hybridized carbons (Fsp3) is 0.250. The van der Waals surface area contributed by atoms with Gasteiger partial charge in [0.2, 0.25) is 5.16 Å². The minimum Gasteiger partial charge on any atom is -0.493 e. The first-order valence-electron chi connectivity index (χ1n) is 7.35. The van der Waals surface area contributed by atoms with E-state index in [-0.39, 0.29) is 5.16 Å². The van der Waals surface area contributed by atoms with Crippen molar-refractivity contribution in [3.05, 3.63) is 41.2 Å². The number of alkyl halides is 2. The average molecular weight is 402 g/mol. The molecule has 0 amide bonds. The minimum absolute atomic E-state index is 0.263. The van der Waals surface area contributed by atoms with Gasteiger partial charge in [-0.25, -0.2) is 4.98 Å². The van der Waals surface area contributed by atoms with Crippen molar-refractivity contribution in [3.8, 4) is 11.5 Å². The summed E-state index contributed by atoms with van der Waals surface area (Å²) in [6, 6.07) is 6.46. The van der Waals surface area contributed by atoms with E-state index in [9.17, 15) is 8.78 Å². The molecule has 6 nitrogen and oxygen atoms in total. The number of hydrogen-bond donors (Lipinski definition) is 0. The van der Waals surface area contributed by atoms with Crippen LogP contribution >= 0.6 is 23.4 Å². The quantitative estimate of drug-likeness (QED) is 0.557. The fourth-order valence-electron chi connectivity index (χ4n) is 2.28. The van der Waals surface area contributed by atoms with Crippen molar-refractivity contribution < 1.29 is 23.1 Å². The number of aromatic nitrogens is 3. The standard InChI is InChI=1S/C16H14ClF2N3O3S/c1-23-13-6-10(20-7-14(13)24-2)8-26-16-21-11-5-9(17)3-4-12(11)22(16)25-15(18)19/h3-7,15H,8H2,1-2H3. The van der Waals surface area contributed by atoms with Gasteiger partial charge < -0.3 is 14.3 Å². The number of fused-ring (bicyclic) bond motifs is 1. The van der Waals surface area contributed by atoms with Crippen LogP contribution in [-0.4, -0.2) is 35.5 Å². The summed E-state index contributed by atoms with van der Waals surface area (Å²) in [5, 5.41) is 0.719. The lowest BCUT2D eigenvalue weighted by molar-refractivity contribution is -0.135. The molecular formula is C16H14ClF2N3O3S. The van der Waals surface area contributed by atoms with Crippen molar-refractivity contribution in [1.82, 2.24) is 14.7 Å². The molecule has 0 fully saturated rings. The predicted molar refractivity (Wildman–Crippen MR) is 94.2 cm³/mol. The van der Waals surface area contributed by atoms with Gasteiger partial charge in [-0.2, -0.15) is 13.5 Å². The van der Waals surface area contributed by atoms with E-state index in [2.05, 4.69) is 14.8 Å². The molecule has 0 N–H and O–H groups in total. The third-order valence-electron chi connectivity index (χ3n) is 3.41. The minimum atomic E-state index is -2.98. The molecular weight excluding hydrogens is 388 g/mol. The van der Waals surface area contributed by atoms with Crippen molar-refractivity contribution in [1.29, 1.82) is 0 Å². The summed E-state index contributed by atoms with van der Waals surface area (Å²) in [5.74, 6) is 1.40. The molecule has 1 aromatic carbocycles. The Balaban J connectivity index is 1.88. The van der Waals surface area contributed by atoms with Gasteiger partial charge in [-0.05, 0) is 18.2 Å². The van der Waals surface area contributed by atoms with Crippen LogP contribution in [0.25, 0.3) is 11.0 Å². The summed E-state index contributed by atoms with van der Waals surface area (Å²) in [6.45, 7) is -2.98. The first-order valence-corrected chi connectivity index (χ1v) is 8.71. The van der Waals surface area contributed by atoms with E-state index in [0.717, 1.165) is 4.73 Å². The average Bonchev–Trinajstić information content (AvgIpc) is 2.95. The molecule has 2 aromatic heterocycles. The van der Waals surface area contributed by atoms with Crippen LogP contribution in [0.2, 0.25) is 5.02 Å². The molecule has 0 unspecified atom stereocenters. The highest BCUT2D eigenvalue weighted by Gasteiger charge is 2.17. The van der Waals surface area contributed by atoms with Crippen LogP contribution in [0.1, 0.15) is 5.69 Å². The van der Waals surface area contributed by atoms with Crippen LogP contribution in [0.15, 0.2) is 35.6 Å². The van der Waals surface area contributed by atoms with E-state index in [0.29, 0.717) is 39.0 Å². The van der Waals surface area contributed by atoms with Crippen LogP contribution in [0.5, 0.6) is 11.5 Å². The van der Waals surface area contributed by atoms with E-state index in [1.165, 1.54) is 32.2 Å². The summed E-state index contributed by atoms with van der Waals surface area (Å²) >= 11 is 7.14. The summed E-state index contributed by atoms with van der Waals surface area (Å²) in [5.41, 5.74) is 1.53. The molecule has 0 saturated heterocycles. The molecule has 2 heterocycles. The van der Waals surface area contributed by atoms with Gasteiger partial charge >= 0.3 is 6.61 Å². The van der Waals surface area contributed by atoms with Crippen LogP contribution in [0, 0.1) is 0 Å². The van der Waals surface area contributed by atoms with Crippen molar-refractivity contribution in [2.24, 2.45) is 0 Å². The Morgan fingerprint density at radius 1 is 1.19 bits per heavy atom. The number of halogens is 3. The van der Waals surface area contributed by atoms with Crippen molar-refractivity contribution in [2.45, 2.75) is 17.5 Å². The highest BCUT2D eigenvalue weighted by atomic mass is 35.5. The SMILES string of the molecule is COc1cnc(CSc2nc3cc(Cl)ccc3n2OC(F)F)cc1OC. The molecule has 10 heteroatoms. The predicted octanol–water partition coefficient (Wildman–Crippen LogP) is 4.05. The lowest BCUT2D eigenvalue weighted by Gasteiger charge is -2.10. The van der Waals surface area contributed by atoms with Crippen LogP contribution in [0.3, 0.4) is 0 Å². The summed E-state index contributed by atoms with van der Waals surface area (Å²) in [6.07, 6.45) is 1.53. The number of thioether (sulfide) groups is 1. The molecule has 0 saturated carbocycles.